The van der Waals surface area contributed by atoms with Crippen molar-refractivity contribution in [3.05, 3.63) is 204 Å². The van der Waals surface area contributed by atoms with Gasteiger partial charge in [0.25, 0.3) is 0 Å². The molecule has 0 aromatic heterocycles. The third kappa shape index (κ3) is 4.15. The van der Waals surface area contributed by atoms with E-state index in [9.17, 15) is 0 Å². The summed E-state index contributed by atoms with van der Waals surface area (Å²) in [6.07, 6.45) is 0. The maximum atomic E-state index is 2.54. The number of nitrogens with zero attached hydrogens (tertiary/aromatic N) is 1. The molecule has 1 spiro atoms. The highest BCUT2D eigenvalue weighted by Gasteiger charge is 2.54. The van der Waals surface area contributed by atoms with E-state index in [1.165, 1.54) is 93.4 Å². The van der Waals surface area contributed by atoms with Gasteiger partial charge >= 0.3 is 0 Å². The fourth-order valence-corrected chi connectivity index (χ4v) is 11.1. The van der Waals surface area contributed by atoms with Gasteiger partial charge in [-0.25, -0.2) is 0 Å². The molecule has 0 aliphatic heterocycles. The molecular weight excluding hydrogens is 667 g/mol. The second kappa shape index (κ2) is 11.4. The van der Waals surface area contributed by atoms with Gasteiger partial charge in [-0.1, -0.05) is 176 Å². The topological polar surface area (TPSA) is 3.24 Å². The molecule has 1 nitrogen and oxygen atoms in total. The van der Waals surface area contributed by atoms with Gasteiger partial charge in [0.15, 0.2) is 0 Å². The zero-order valence-corrected chi connectivity index (χ0v) is 31.8. The molecule has 0 fully saturated rings. The molecular formula is C52H39NSi. The summed E-state index contributed by atoms with van der Waals surface area (Å²) in [4.78, 5) is 2.49. The molecule has 9 aromatic carbocycles. The van der Waals surface area contributed by atoms with Crippen LogP contribution in [0.25, 0.3) is 54.6 Å². The molecule has 0 radical (unpaired) electrons. The van der Waals surface area contributed by atoms with Crippen LogP contribution in [0.1, 0.15) is 22.3 Å². The quantitative estimate of drug-likeness (QED) is 0.130. The first-order chi connectivity index (χ1) is 26.5. The van der Waals surface area contributed by atoms with Gasteiger partial charge < -0.3 is 4.90 Å². The first kappa shape index (κ1) is 31.3. The molecule has 2 heteroatoms. The van der Waals surface area contributed by atoms with Crippen molar-refractivity contribution in [3.63, 3.8) is 0 Å². The molecule has 9 aromatic rings. The first-order valence-electron chi connectivity index (χ1n) is 19.1. The van der Waals surface area contributed by atoms with Crippen LogP contribution >= 0.6 is 0 Å². The van der Waals surface area contributed by atoms with Crippen molar-refractivity contribution >= 4 is 62.6 Å². The summed E-state index contributed by atoms with van der Waals surface area (Å²) < 4.78 is 0. The van der Waals surface area contributed by atoms with Gasteiger partial charge in [0.05, 0.1) is 19.2 Å². The number of hydrogen-bond donors (Lipinski definition) is 0. The Bertz CT molecular complexity index is 2920. The zero-order chi connectivity index (χ0) is 36.2. The van der Waals surface area contributed by atoms with Crippen LogP contribution in [0, 0.1) is 0 Å². The third-order valence-corrected chi connectivity index (χ3v) is 14.2. The van der Waals surface area contributed by atoms with Crippen molar-refractivity contribution in [2.45, 2.75) is 25.1 Å². The van der Waals surface area contributed by atoms with Crippen LogP contribution in [0.4, 0.5) is 17.1 Å². The lowest BCUT2D eigenvalue weighted by Gasteiger charge is -2.33. The van der Waals surface area contributed by atoms with E-state index in [1.54, 1.807) is 0 Å². The fourth-order valence-electron chi connectivity index (χ4n) is 9.97. The second-order valence-electron chi connectivity index (χ2n) is 16.0. The van der Waals surface area contributed by atoms with Crippen LogP contribution < -0.4 is 10.1 Å². The Morgan fingerprint density at radius 2 is 0.852 bits per heavy atom. The van der Waals surface area contributed by atoms with E-state index in [0.717, 1.165) is 5.69 Å². The van der Waals surface area contributed by atoms with Crippen molar-refractivity contribution in [3.8, 4) is 22.3 Å². The Balaban J connectivity index is 1.35. The number of para-hydroxylation sites is 1. The summed E-state index contributed by atoms with van der Waals surface area (Å²) in [6.45, 7) is 7.27. The monoisotopic (exact) mass is 705 g/mol. The summed E-state index contributed by atoms with van der Waals surface area (Å²) in [7, 11) is -1.49. The Morgan fingerprint density at radius 1 is 0.389 bits per heavy atom. The average molecular weight is 706 g/mol. The predicted octanol–water partition coefficient (Wildman–Crippen LogP) is 13.5. The van der Waals surface area contributed by atoms with Gasteiger partial charge in [0.2, 0.25) is 0 Å². The van der Waals surface area contributed by atoms with Gasteiger partial charge in [-0.05, 0) is 102 Å². The smallest absolute Gasteiger partial charge is 0.0775 e. The van der Waals surface area contributed by atoms with E-state index in [-0.39, 0.29) is 0 Å². The largest absolute Gasteiger partial charge is 0.310 e. The Hall–Kier alpha value is -6.22. The van der Waals surface area contributed by atoms with Crippen LogP contribution in [0.2, 0.25) is 19.6 Å². The molecule has 2 aliphatic rings. The molecule has 0 N–H and O–H groups in total. The van der Waals surface area contributed by atoms with E-state index >= 15 is 0 Å². The first-order valence-corrected chi connectivity index (χ1v) is 22.6. The maximum Gasteiger partial charge on any atom is 0.0775 e. The van der Waals surface area contributed by atoms with Gasteiger partial charge in [0, 0.05) is 16.8 Å². The molecule has 0 bridgehead atoms. The van der Waals surface area contributed by atoms with E-state index < -0.39 is 13.5 Å². The van der Waals surface area contributed by atoms with Crippen molar-refractivity contribution in [2.24, 2.45) is 0 Å². The van der Waals surface area contributed by atoms with E-state index in [2.05, 4.69) is 207 Å². The highest BCUT2D eigenvalue weighted by molar-refractivity contribution is 6.88. The van der Waals surface area contributed by atoms with Crippen molar-refractivity contribution in [1.82, 2.24) is 0 Å². The normalized spacial score (nSPS) is 13.6. The molecule has 54 heavy (non-hydrogen) atoms. The molecule has 0 saturated heterocycles. The predicted molar refractivity (Wildman–Crippen MR) is 233 cm³/mol. The van der Waals surface area contributed by atoms with Crippen molar-refractivity contribution in [2.75, 3.05) is 4.90 Å². The summed E-state index contributed by atoms with van der Waals surface area (Å²) in [5.74, 6) is 0. The minimum absolute atomic E-state index is 0.504. The van der Waals surface area contributed by atoms with Crippen LogP contribution in [-0.2, 0) is 5.41 Å². The van der Waals surface area contributed by atoms with E-state index in [4.69, 9.17) is 0 Å². The summed E-state index contributed by atoms with van der Waals surface area (Å²) in [5, 5.41) is 9.23. The second-order valence-corrected chi connectivity index (χ2v) is 21.1. The standard InChI is InChI=1S/C52H39NSi/c1-54(2,3)36-31-29-35(30-32-36)53(34-17-5-4-6-18-34)48-33-45-49-42-24-10-7-19-37(42)38-20-8-11-25-43(38)51(49)52(50(45)44-26-12-9-23-41(44)48)46-27-15-13-21-39(46)40-22-14-16-28-47(40)52/h4-33H,1-3H3. The Morgan fingerprint density at radius 3 is 1.46 bits per heavy atom. The highest BCUT2D eigenvalue weighted by Crippen LogP contribution is 2.67. The molecule has 2 aliphatic carbocycles. The molecule has 256 valence electrons. The van der Waals surface area contributed by atoms with Gasteiger partial charge in [-0.2, -0.15) is 0 Å². The minimum Gasteiger partial charge on any atom is -0.310 e. The average Bonchev–Trinajstić information content (AvgIpc) is 3.69. The Kier molecular flexibility index (Phi) is 6.60. The van der Waals surface area contributed by atoms with Crippen LogP contribution in [0.5, 0.6) is 0 Å². The summed E-state index contributed by atoms with van der Waals surface area (Å²) in [6, 6.07) is 68.6. The zero-order valence-electron chi connectivity index (χ0n) is 30.8. The number of hydrogen-bond acceptors (Lipinski definition) is 1. The van der Waals surface area contributed by atoms with Crippen LogP contribution in [0.3, 0.4) is 0 Å². The van der Waals surface area contributed by atoms with Crippen molar-refractivity contribution < 1.29 is 0 Å². The van der Waals surface area contributed by atoms with Crippen molar-refractivity contribution in [1.29, 1.82) is 0 Å². The van der Waals surface area contributed by atoms with E-state index in [1.807, 2.05) is 0 Å². The van der Waals surface area contributed by atoms with Gasteiger partial charge in [-0.15, -0.1) is 0 Å². The van der Waals surface area contributed by atoms with Gasteiger partial charge in [-0.3, -0.25) is 0 Å². The summed E-state index contributed by atoms with van der Waals surface area (Å²) >= 11 is 0. The lowest BCUT2D eigenvalue weighted by atomic mass is 9.68. The maximum absolute atomic E-state index is 2.54. The Labute approximate surface area is 317 Å². The number of benzene rings is 9. The summed E-state index contributed by atoms with van der Waals surface area (Å²) in [5.41, 5.74) is 13.8. The fraction of sp³-hybridized carbons (Fsp3) is 0.0769. The van der Waals surface area contributed by atoms with E-state index in [0.29, 0.717) is 0 Å². The molecule has 0 heterocycles. The molecule has 11 rings (SSSR count). The third-order valence-electron chi connectivity index (χ3n) is 12.2. The lowest BCUT2D eigenvalue weighted by molar-refractivity contribution is 0.809. The van der Waals surface area contributed by atoms with Crippen LogP contribution in [-0.4, -0.2) is 8.07 Å². The molecule has 0 amide bonds. The highest BCUT2D eigenvalue weighted by atomic mass is 28.3. The number of fused-ring (bicyclic) bond motifs is 17. The SMILES string of the molecule is C[Si](C)(C)c1ccc(N(c2ccccc2)c2cc3c(c4ccccc24)C2(c4ccccc4-c4ccccc42)c2c-3c3ccccc3c3ccccc23)cc1. The lowest BCUT2D eigenvalue weighted by Crippen LogP contribution is -2.37. The number of anilines is 3. The molecule has 0 atom stereocenters. The van der Waals surface area contributed by atoms with Gasteiger partial charge in [0.1, 0.15) is 0 Å². The minimum atomic E-state index is -1.49. The molecule has 0 unspecified atom stereocenters. The molecule has 0 saturated carbocycles. The number of rotatable bonds is 4. The van der Waals surface area contributed by atoms with Crippen LogP contribution in [0.15, 0.2) is 182 Å².